The van der Waals surface area contributed by atoms with Gasteiger partial charge < -0.3 is 10.0 Å². The highest BCUT2D eigenvalue weighted by Crippen LogP contribution is 2.12. The van der Waals surface area contributed by atoms with E-state index in [2.05, 4.69) is 11.8 Å². The lowest BCUT2D eigenvalue weighted by Crippen LogP contribution is -2.27. The van der Waals surface area contributed by atoms with Gasteiger partial charge in [0.1, 0.15) is 0 Å². The summed E-state index contributed by atoms with van der Waals surface area (Å²) in [6.45, 7) is 4.69. The molecule has 0 radical (unpaired) electrons. The third kappa shape index (κ3) is 5.17. The highest BCUT2D eigenvalue weighted by molar-refractivity contribution is 6.31. The molecule has 100 valence electrons. The van der Waals surface area contributed by atoms with E-state index in [9.17, 15) is 4.79 Å². The van der Waals surface area contributed by atoms with Crippen LogP contribution >= 0.6 is 11.6 Å². The van der Waals surface area contributed by atoms with Crippen molar-refractivity contribution in [3.8, 4) is 0 Å². The third-order valence-corrected chi connectivity index (χ3v) is 3.12. The van der Waals surface area contributed by atoms with E-state index in [-0.39, 0.29) is 12.4 Å². The SMILES string of the molecule is CCN(CCCO)CCC(=O)c1cccc(Cl)c1. The highest BCUT2D eigenvalue weighted by Gasteiger charge is 2.09. The van der Waals surface area contributed by atoms with Gasteiger partial charge in [-0.15, -0.1) is 0 Å². The van der Waals surface area contributed by atoms with Crippen molar-refractivity contribution in [1.82, 2.24) is 4.90 Å². The Bertz CT molecular complexity index is 382. The van der Waals surface area contributed by atoms with Crippen LogP contribution in [0.5, 0.6) is 0 Å². The Hall–Kier alpha value is -0.900. The maximum atomic E-state index is 12.0. The van der Waals surface area contributed by atoms with Crippen molar-refractivity contribution in [3.05, 3.63) is 34.9 Å². The van der Waals surface area contributed by atoms with Crippen molar-refractivity contribution in [2.45, 2.75) is 19.8 Å². The summed E-state index contributed by atoms with van der Waals surface area (Å²) in [5.41, 5.74) is 0.667. The molecule has 1 rings (SSSR count). The molecule has 1 aromatic rings. The lowest BCUT2D eigenvalue weighted by molar-refractivity contribution is 0.0964. The van der Waals surface area contributed by atoms with E-state index < -0.39 is 0 Å². The van der Waals surface area contributed by atoms with Crippen molar-refractivity contribution < 1.29 is 9.90 Å². The number of carbonyl (C=O) groups excluding carboxylic acids is 1. The lowest BCUT2D eigenvalue weighted by atomic mass is 10.1. The van der Waals surface area contributed by atoms with Gasteiger partial charge in [-0.25, -0.2) is 0 Å². The number of carbonyl (C=O) groups is 1. The number of aliphatic hydroxyl groups excluding tert-OH is 1. The number of aliphatic hydroxyl groups is 1. The van der Waals surface area contributed by atoms with Crippen LogP contribution in [0.4, 0.5) is 0 Å². The minimum Gasteiger partial charge on any atom is -0.396 e. The van der Waals surface area contributed by atoms with Gasteiger partial charge in [-0.3, -0.25) is 4.79 Å². The Morgan fingerprint density at radius 1 is 1.39 bits per heavy atom. The molecule has 0 aliphatic heterocycles. The third-order valence-electron chi connectivity index (χ3n) is 2.88. The molecule has 0 aliphatic rings. The fourth-order valence-corrected chi connectivity index (χ4v) is 1.98. The van der Waals surface area contributed by atoms with E-state index in [1.165, 1.54) is 0 Å². The predicted molar refractivity (Wildman–Crippen MR) is 74.2 cm³/mol. The largest absolute Gasteiger partial charge is 0.396 e. The summed E-state index contributed by atoms with van der Waals surface area (Å²) >= 11 is 5.86. The first-order chi connectivity index (χ1) is 8.67. The molecule has 0 saturated heterocycles. The summed E-state index contributed by atoms with van der Waals surface area (Å²) in [5.74, 6) is 0.111. The Kier molecular flexibility index (Phi) is 6.94. The van der Waals surface area contributed by atoms with E-state index in [4.69, 9.17) is 16.7 Å². The maximum absolute atomic E-state index is 12.0. The molecular weight excluding hydrogens is 250 g/mol. The van der Waals surface area contributed by atoms with Gasteiger partial charge >= 0.3 is 0 Å². The number of hydrogen-bond acceptors (Lipinski definition) is 3. The van der Waals surface area contributed by atoms with Crippen LogP contribution < -0.4 is 0 Å². The van der Waals surface area contributed by atoms with Crippen molar-refractivity contribution in [1.29, 1.82) is 0 Å². The Morgan fingerprint density at radius 3 is 2.78 bits per heavy atom. The summed E-state index contributed by atoms with van der Waals surface area (Å²) in [4.78, 5) is 14.1. The van der Waals surface area contributed by atoms with Gasteiger partial charge in [-0.2, -0.15) is 0 Å². The minimum absolute atomic E-state index is 0.111. The molecule has 0 amide bonds. The monoisotopic (exact) mass is 269 g/mol. The first-order valence-corrected chi connectivity index (χ1v) is 6.67. The molecule has 0 bridgehead atoms. The average Bonchev–Trinajstić information content (AvgIpc) is 2.38. The summed E-state index contributed by atoms with van der Waals surface area (Å²) < 4.78 is 0. The molecule has 1 aromatic carbocycles. The van der Waals surface area contributed by atoms with Crippen LogP contribution in [0.15, 0.2) is 24.3 Å². The maximum Gasteiger partial charge on any atom is 0.164 e. The molecule has 0 unspecified atom stereocenters. The zero-order valence-corrected chi connectivity index (χ0v) is 11.5. The van der Waals surface area contributed by atoms with Gasteiger partial charge in [0.15, 0.2) is 5.78 Å². The molecule has 1 N–H and O–H groups in total. The van der Waals surface area contributed by atoms with Gasteiger partial charge in [0.05, 0.1) is 0 Å². The summed E-state index contributed by atoms with van der Waals surface area (Å²) in [5, 5.41) is 9.38. The summed E-state index contributed by atoms with van der Waals surface area (Å²) in [6, 6.07) is 7.04. The second-order valence-electron chi connectivity index (χ2n) is 4.19. The Labute approximate surface area is 113 Å². The molecule has 0 aromatic heterocycles. The predicted octanol–water partition coefficient (Wildman–Crippen LogP) is 2.62. The van der Waals surface area contributed by atoms with Crippen LogP contribution in [-0.4, -0.2) is 42.0 Å². The molecule has 3 nitrogen and oxygen atoms in total. The Morgan fingerprint density at radius 2 is 2.17 bits per heavy atom. The lowest BCUT2D eigenvalue weighted by Gasteiger charge is -2.19. The zero-order valence-electron chi connectivity index (χ0n) is 10.7. The minimum atomic E-state index is 0.111. The van der Waals surface area contributed by atoms with Crippen LogP contribution in [0.3, 0.4) is 0 Å². The van der Waals surface area contributed by atoms with Gasteiger partial charge in [-0.1, -0.05) is 30.7 Å². The van der Waals surface area contributed by atoms with Crippen molar-refractivity contribution in [3.63, 3.8) is 0 Å². The molecule has 0 atom stereocenters. The van der Waals surface area contributed by atoms with E-state index in [0.717, 1.165) is 26.1 Å². The molecule has 4 heteroatoms. The van der Waals surface area contributed by atoms with Crippen LogP contribution in [0.1, 0.15) is 30.1 Å². The number of nitrogens with zero attached hydrogens (tertiary/aromatic N) is 1. The van der Waals surface area contributed by atoms with Crippen LogP contribution in [0, 0.1) is 0 Å². The molecule has 0 aliphatic carbocycles. The molecule has 0 fully saturated rings. The zero-order chi connectivity index (χ0) is 13.4. The first kappa shape index (κ1) is 15.2. The standard InChI is InChI=1S/C14H20ClNO2/c1-2-16(8-4-10-17)9-7-14(18)12-5-3-6-13(15)11-12/h3,5-6,11,17H,2,4,7-10H2,1H3. The van der Waals surface area contributed by atoms with Crippen LogP contribution in [0.25, 0.3) is 0 Å². The second kappa shape index (κ2) is 8.25. The normalized spacial score (nSPS) is 10.9. The summed E-state index contributed by atoms with van der Waals surface area (Å²) in [7, 11) is 0. The quantitative estimate of drug-likeness (QED) is 0.738. The van der Waals surface area contributed by atoms with Crippen molar-refractivity contribution >= 4 is 17.4 Å². The van der Waals surface area contributed by atoms with Crippen molar-refractivity contribution in [2.75, 3.05) is 26.2 Å². The van der Waals surface area contributed by atoms with Crippen molar-refractivity contribution in [2.24, 2.45) is 0 Å². The number of ketones is 1. The summed E-state index contributed by atoms with van der Waals surface area (Å²) in [6.07, 6.45) is 1.23. The van der Waals surface area contributed by atoms with Crippen LogP contribution in [-0.2, 0) is 0 Å². The van der Waals surface area contributed by atoms with Gasteiger partial charge in [0.25, 0.3) is 0 Å². The van der Waals surface area contributed by atoms with E-state index in [1.807, 2.05) is 0 Å². The fourth-order valence-electron chi connectivity index (χ4n) is 1.79. The molecule has 18 heavy (non-hydrogen) atoms. The fraction of sp³-hybridized carbons (Fsp3) is 0.500. The number of rotatable bonds is 8. The van der Waals surface area contributed by atoms with E-state index >= 15 is 0 Å². The number of hydrogen-bond donors (Lipinski definition) is 1. The van der Waals surface area contributed by atoms with E-state index in [1.54, 1.807) is 24.3 Å². The number of Topliss-reactive ketones (excluding diaryl/α,β-unsaturated/α-hetero) is 1. The topological polar surface area (TPSA) is 40.5 Å². The first-order valence-electron chi connectivity index (χ1n) is 6.29. The van der Waals surface area contributed by atoms with Gasteiger partial charge in [-0.05, 0) is 25.1 Å². The van der Waals surface area contributed by atoms with E-state index in [0.29, 0.717) is 17.0 Å². The van der Waals surface area contributed by atoms with Crippen LogP contribution in [0.2, 0.25) is 5.02 Å². The number of benzene rings is 1. The van der Waals surface area contributed by atoms with Gasteiger partial charge in [0, 0.05) is 36.7 Å². The molecule has 0 heterocycles. The number of halogens is 1. The molecule has 0 saturated carbocycles. The smallest absolute Gasteiger partial charge is 0.164 e. The molecule has 0 spiro atoms. The average molecular weight is 270 g/mol. The second-order valence-corrected chi connectivity index (χ2v) is 4.63. The Balaban J connectivity index is 2.44. The van der Waals surface area contributed by atoms with Gasteiger partial charge in [0.2, 0.25) is 0 Å². The highest BCUT2D eigenvalue weighted by atomic mass is 35.5. The molecular formula is C14H20ClNO2.